The normalized spacial score (nSPS) is 20.5. The largest absolute Gasteiger partial charge is 0.343 e. The average molecular weight is 292 g/mol. The Morgan fingerprint density at radius 1 is 1.37 bits per heavy atom. The number of hydrogen-bond donors (Lipinski definition) is 2. The number of likely N-dealkylation sites (tertiary alicyclic amines) is 1. The van der Waals surface area contributed by atoms with E-state index >= 15 is 0 Å². The van der Waals surface area contributed by atoms with E-state index in [-0.39, 0.29) is 48.5 Å². The van der Waals surface area contributed by atoms with Gasteiger partial charge in [-0.1, -0.05) is 6.92 Å². The van der Waals surface area contributed by atoms with Crippen molar-refractivity contribution in [1.29, 1.82) is 0 Å². The van der Waals surface area contributed by atoms with Crippen molar-refractivity contribution < 1.29 is 14.4 Å². The molecule has 7 heteroatoms. The van der Waals surface area contributed by atoms with Crippen LogP contribution in [0.25, 0.3) is 0 Å². The van der Waals surface area contributed by atoms with Crippen molar-refractivity contribution in [1.82, 2.24) is 15.5 Å². The van der Waals surface area contributed by atoms with E-state index in [4.69, 9.17) is 0 Å². The second kappa shape index (κ2) is 7.45. The molecule has 1 fully saturated rings. The third kappa shape index (κ3) is 4.18. The first-order chi connectivity index (χ1) is 8.38. The van der Waals surface area contributed by atoms with Gasteiger partial charge >= 0.3 is 0 Å². The molecule has 0 radical (unpaired) electrons. The molecule has 2 unspecified atom stereocenters. The molecule has 0 spiro atoms. The van der Waals surface area contributed by atoms with Gasteiger partial charge in [0, 0.05) is 18.5 Å². The van der Waals surface area contributed by atoms with Gasteiger partial charge in [-0.15, -0.1) is 12.4 Å². The Hall–Kier alpha value is -1.14. The fraction of sp³-hybridized carbons (Fsp3) is 0.750. The summed E-state index contributed by atoms with van der Waals surface area (Å²) in [5.74, 6) is -0.964. The number of halogens is 1. The summed E-state index contributed by atoms with van der Waals surface area (Å²) in [7, 11) is 1.76. The van der Waals surface area contributed by atoms with Crippen LogP contribution < -0.4 is 10.6 Å². The van der Waals surface area contributed by atoms with Crippen LogP contribution in [0.4, 0.5) is 0 Å². The quantitative estimate of drug-likeness (QED) is 0.694. The van der Waals surface area contributed by atoms with Gasteiger partial charge in [-0.25, -0.2) is 0 Å². The van der Waals surface area contributed by atoms with E-state index in [0.29, 0.717) is 6.54 Å². The summed E-state index contributed by atoms with van der Waals surface area (Å²) in [6.45, 7) is 5.87. The van der Waals surface area contributed by atoms with Crippen LogP contribution in [0, 0.1) is 5.92 Å². The summed E-state index contributed by atoms with van der Waals surface area (Å²) in [5, 5.41) is 5.53. The van der Waals surface area contributed by atoms with Crippen molar-refractivity contribution in [2.75, 3.05) is 13.6 Å². The minimum absolute atomic E-state index is 0. The van der Waals surface area contributed by atoms with Crippen molar-refractivity contribution in [2.24, 2.45) is 5.92 Å². The molecule has 2 N–H and O–H groups in total. The van der Waals surface area contributed by atoms with Gasteiger partial charge in [0.2, 0.25) is 11.8 Å². The highest BCUT2D eigenvalue weighted by Gasteiger charge is 2.40. The van der Waals surface area contributed by atoms with E-state index < -0.39 is 6.04 Å². The molecule has 3 amide bonds. The lowest BCUT2D eigenvalue weighted by molar-refractivity contribution is -0.141. The smallest absolute Gasteiger partial charge is 0.252 e. The molecule has 1 aliphatic rings. The van der Waals surface area contributed by atoms with Crippen LogP contribution in [0.2, 0.25) is 0 Å². The Labute approximate surface area is 119 Å². The number of carbonyl (C=O) groups excluding carboxylic acids is 3. The monoisotopic (exact) mass is 291 g/mol. The average Bonchev–Trinajstić information content (AvgIpc) is 2.54. The maximum Gasteiger partial charge on any atom is 0.252 e. The van der Waals surface area contributed by atoms with Gasteiger partial charge in [0.1, 0.15) is 6.04 Å². The van der Waals surface area contributed by atoms with E-state index in [1.165, 1.54) is 4.90 Å². The second-order valence-corrected chi connectivity index (χ2v) is 4.92. The molecule has 6 nitrogen and oxygen atoms in total. The van der Waals surface area contributed by atoms with Gasteiger partial charge in [-0.3, -0.25) is 19.3 Å². The number of amides is 3. The Morgan fingerprint density at radius 2 is 1.95 bits per heavy atom. The molecular formula is C12H22ClN3O3. The first kappa shape index (κ1) is 17.9. The zero-order valence-corrected chi connectivity index (χ0v) is 12.5. The second-order valence-electron chi connectivity index (χ2n) is 4.92. The molecule has 0 aromatic rings. The lowest BCUT2D eigenvalue weighted by atomic mass is 10.1. The Kier molecular flexibility index (Phi) is 7.00. The van der Waals surface area contributed by atoms with Crippen molar-refractivity contribution in [3.63, 3.8) is 0 Å². The molecule has 0 aromatic carbocycles. The maximum atomic E-state index is 11.9. The molecule has 1 aliphatic heterocycles. The van der Waals surface area contributed by atoms with Crippen LogP contribution in [-0.4, -0.2) is 48.3 Å². The summed E-state index contributed by atoms with van der Waals surface area (Å²) in [6, 6.07) is -0.867. The van der Waals surface area contributed by atoms with E-state index in [0.717, 1.165) is 0 Å². The molecule has 1 rings (SSSR count). The first-order valence-corrected chi connectivity index (χ1v) is 6.19. The minimum Gasteiger partial charge on any atom is -0.343 e. The highest BCUT2D eigenvalue weighted by molar-refractivity contribution is 6.07. The summed E-state index contributed by atoms with van der Waals surface area (Å²) >= 11 is 0. The van der Waals surface area contributed by atoms with E-state index in [1.54, 1.807) is 27.8 Å². The van der Waals surface area contributed by atoms with Gasteiger partial charge < -0.3 is 10.6 Å². The van der Waals surface area contributed by atoms with Crippen molar-refractivity contribution in [3.8, 4) is 0 Å². The predicted octanol–water partition coefficient (Wildman–Crippen LogP) is -0.0842. The van der Waals surface area contributed by atoms with E-state index in [1.807, 2.05) is 0 Å². The van der Waals surface area contributed by atoms with Gasteiger partial charge in [0.25, 0.3) is 5.91 Å². The van der Waals surface area contributed by atoms with Crippen LogP contribution in [0.1, 0.15) is 27.2 Å². The van der Waals surface area contributed by atoms with E-state index in [2.05, 4.69) is 10.6 Å². The molecule has 0 aliphatic carbocycles. The molecule has 0 saturated carbocycles. The topological polar surface area (TPSA) is 78.5 Å². The fourth-order valence-electron chi connectivity index (χ4n) is 2.02. The van der Waals surface area contributed by atoms with Crippen LogP contribution in [0.3, 0.4) is 0 Å². The molecule has 1 heterocycles. The first-order valence-electron chi connectivity index (χ1n) is 6.19. The van der Waals surface area contributed by atoms with Gasteiger partial charge in [-0.05, 0) is 20.9 Å². The number of imide groups is 1. The third-order valence-corrected chi connectivity index (χ3v) is 2.97. The van der Waals surface area contributed by atoms with E-state index in [9.17, 15) is 14.4 Å². The lowest BCUT2D eigenvalue weighted by Crippen LogP contribution is -2.46. The number of carbonyl (C=O) groups is 3. The fourth-order valence-corrected chi connectivity index (χ4v) is 2.02. The predicted molar refractivity (Wildman–Crippen MR) is 73.9 cm³/mol. The van der Waals surface area contributed by atoms with Gasteiger partial charge in [0.05, 0.1) is 6.42 Å². The van der Waals surface area contributed by atoms with Crippen LogP contribution in [0.15, 0.2) is 0 Å². The van der Waals surface area contributed by atoms with Crippen LogP contribution in [-0.2, 0) is 14.4 Å². The molecule has 0 aromatic heterocycles. The molecule has 0 bridgehead atoms. The molecule has 110 valence electrons. The molecule has 1 saturated heterocycles. The maximum absolute atomic E-state index is 11.9. The highest BCUT2D eigenvalue weighted by Crippen LogP contribution is 2.16. The lowest BCUT2D eigenvalue weighted by Gasteiger charge is -2.20. The summed E-state index contributed by atoms with van der Waals surface area (Å²) in [6.07, 6.45) is 0.0645. The highest BCUT2D eigenvalue weighted by atomic mass is 35.5. The van der Waals surface area contributed by atoms with Crippen molar-refractivity contribution in [2.45, 2.75) is 39.3 Å². The zero-order chi connectivity index (χ0) is 13.9. The minimum atomic E-state index is -0.702. The summed E-state index contributed by atoms with van der Waals surface area (Å²) in [5.41, 5.74) is 0. The number of nitrogens with one attached hydrogen (secondary N) is 2. The van der Waals surface area contributed by atoms with Crippen LogP contribution in [0.5, 0.6) is 0 Å². The Bertz CT molecular complexity index is 360. The Morgan fingerprint density at radius 3 is 2.37 bits per heavy atom. The third-order valence-electron chi connectivity index (χ3n) is 2.97. The van der Waals surface area contributed by atoms with Crippen molar-refractivity contribution >= 4 is 30.1 Å². The van der Waals surface area contributed by atoms with Crippen LogP contribution >= 0.6 is 12.4 Å². The standard InChI is InChI=1S/C12H21N3O3.ClH/c1-7(2)15-10(16)5-9(12(15)18)14-11(17)8(3)6-13-4;/h7-9,13H,5-6H2,1-4H3,(H,14,17);1H. The number of nitrogens with zero attached hydrogens (tertiary/aromatic N) is 1. The zero-order valence-electron chi connectivity index (χ0n) is 11.7. The molecule has 2 atom stereocenters. The Balaban J connectivity index is 0.00000324. The van der Waals surface area contributed by atoms with Crippen molar-refractivity contribution in [3.05, 3.63) is 0 Å². The number of hydrogen-bond acceptors (Lipinski definition) is 4. The summed E-state index contributed by atoms with van der Waals surface area (Å²) < 4.78 is 0. The molecule has 19 heavy (non-hydrogen) atoms. The summed E-state index contributed by atoms with van der Waals surface area (Å²) in [4.78, 5) is 36.6. The number of rotatable bonds is 5. The van der Waals surface area contributed by atoms with Gasteiger partial charge in [0.15, 0.2) is 0 Å². The van der Waals surface area contributed by atoms with Gasteiger partial charge in [-0.2, -0.15) is 0 Å². The SMILES string of the molecule is CNCC(C)C(=O)NC1CC(=O)N(C(C)C)C1=O.Cl. The molecular weight excluding hydrogens is 270 g/mol.